The first-order chi connectivity index (χ1) is 8.65. The minimum absolute atomic E-state index is 0.0833. The van der Waals surface area contributed by atoms with Crippen LogP contribution in [-0.2, 0) is 9.53 Å². The molecule has 1 atom stereocenters. The second kappa shape index (κ2) is 6.24. The van der Waals surface area contributed by atoms with E-state index in [1.807, 2.05) is 6.92 Å². The number of hydrogen-bond donors (Lipinski definition) is 1. The fraction of sp³-hybridized carbons (Fsp3) is 0.667. The Morgan fingerprint density at radius 3 is 3.00 bits per heavy atom. The number of rotatable bonds is 4. The van der Waals surface area contributed by atoms with Crippen molar-refractivity contribution in [2.75, 3.05) is 18.5 Å². The van der Waals surface area contributed by atoms with Crippen LogP contribution < -0.4 is 5.32 Å². The van der Waals surface area contributed by atoms with Gasteiger partial charge in [-0.1, -0.05) is 18.3 Å². The third kappa shape index (κ3) is 3.74. The van der Waals surface area contributed by atoms with E-state index in [0.29, 0.717) is 11.0 Å². The molecule has 0 bridgehead atoms. The van der Waals surface area contributed by atoms with Gasteiger partial charge in [-0.2, -0.15) is 4.39 Å². The van der Waals surface area contributed by atoms with Gasteiger partial charge in [0.2, 0.25) is 5.91 Å². The number of thiazole rings is 1. The Morgan fingerprint density at radius 2 is 2.39 bits per heavy atom. The zero-order chi connectivity index (χ0) is 13.0. The minimum Gasteiger partial charge on any atom is -0.381 e. The number of hydrogen-bond acceptors (Lipinski definition) is 4. The van der Waals surface area contributed by atoms with Crippen LogP contribution in [0.5, 0.6) is 0 Å². The van der Waals surface area contributed by atoms with Gasteiger partial charge in [0.25, 0.3) is 0 Å². The lowest BCUT2D eigenvalue weighted by atomic mass is 9.89. The maximum atomic E-state index is 12.7. The quantitative estimate of drug-likeness (QED) is 0.916. The monoisotopic (exact) mass is 272 g/mol. The molecule has 4 nitrogen and oxygen atoms in total. The molecule has 1 saturated heterocycles. The summed E-state index contributed by atoms with van der Waals surface area (Å²) in [5, 5.41) is 2.59. The van der Waals surface area contributed by atoms with E-state index in [1.54, 1.807) is 0 Å². The maximum Gasteiger partial charge on any atom is 0.228 e. The molecule has 1 aromatic heterocycles. The summed E-state index contributed by atoms with van der Waals surface area (Å²) in [6, 6.07) is 0. The molecule has 0 radical (unpaired) electrons. The zero-order valence-electron chi connectivity index (χ0n) is 10.3. The van der Waals surface area contributed by atoms with Gasteiger partial charge >= 0.3 is 0 Å². The molecular formula is C12H17FN2O2S. The highest BCUT2D eigenvalue weighted by molar-refractivity contribution is 7.14. The lowest BCUT2D eigenvalue weighted by Crippen LogP contribution is -2.25. The zero-order valence-corrected chi connectivity index (χ0v) is 11.1. The Morgan fingerprint density at radius 1 is 1.67 bits per heavy atom. The van der Waals surface area contributed by atoms with Crippen molar-refractivity contribution < 1.29 is 13.9 Å². The van der Waals surface area contributed by atoms with Crippen LogP contribution in [0.2, 0.25) is 0 Å². The van der Waals surface area contributed by atoms with Gasteiger partial charge in [0.05, 0.1) is 6.20 Å². The van der Waals surface area contributed by atoms with Crippen molar-refractivity contribution in [3.8, 4) is 0 Å². The van der Waals surface area contributed by atoms with Gasteiger partial charge in [-0.05, 0) is 25.2 Å². The van der Waals surface area contributed by atoms with E-state index in [2.05, 4.69) is 10.3 Å². The maximum absolute atomic E-state index is 12.7. The highest BCUT2D eigenvalue weighted by atomic mass is 32.1. The Bertz CT molecular complexity index is 405. The Kier molecular flexibility index (Phi) is 4.66. The topological polar surface area (TPSA) is 51.2 Å². The fourth-order valence-corrected chi connectivity index (χ4v) is 2.68. The number of halogens is 1. The minimum atomic E-state index is -0.387. The second-order valence-corrected chi connectivity index (χ2v) is 5.63. The van der Waals surface area contributed by atoms with Crippen LogP contribution in [0.25, 0.3) is 0 Å². The molecule has 0 unspecified atom stereocenters. The van der Waals surface area contributed by atoms with Gasteiger partial charge in [-0.3, -0.25) is 4.79 Å². The lowest BCUT2D eigenvalue weighted by Gasteiger charge is -2.24. The highest BCUT2D eigenvalue weighted by Crippen LogP contribution is 2.24. The molecule has 6 heteroatoms. The largest absolute Gasteiger partial charge is 0.381 e. The summed E-state index contributed by atoms with van der Waals surface area (Å²) in [6.45, 7) is 3.47. The highest BCUT2D eigenvalue weighted by Gasteiger charge is 2.21. The predicted octanol–water partition coefficient (Wildman–Crippen LogP) is 2.67. The summed E-state index contributed by atoms with van der Waals surface area (Å²) in [4.78, 5) is 15.7. The average Bonchev–Trinajstić information content (AvgIpc) is 2.76. The van der Waals surface area contributed by atoms with Gasteiger partial charge in [-0.15, -0.1) is 0 Å². The number of ether oxygens (including phenoxy) is 1. The van der Waals surface area contributed by atoms with Crippen molar-refractivity contribution in [3.63, 3.8) is 0 Å². The van der Waals surface area contributed by atoms with E-state index >= 15 is 0 Å². The molecule has 2 heterocycles. The number of anilines is 1. The summed E-state index contributed by atoms with van der Waals surface area (Å²) >= 11 is 0.850. The molecule has 18 heavy (non-hydrogen) atoms. The van der Waals surface area contributed by atoms with Gasteiger partial charge in [0, 0.05) is 19.1 Å². The number of nitrogens with one attached hydrogen (secondary N) is 1. The van der Waals surface area contributed by atoms with E-state index in [1.165, 1.54) is 0 Å². The fourth-order valence-electron chi connectivity index (χ4n) is 2.13. The summed E-state index contributed by atoms with van der Waals surface area (Å²) in [5.41, 5.74) is 0. The Balaban J connectivity index is 1.80. The van der Waals surface area contributed by atoms with E-state index in [4.69, 9.17) is 4.74 Å². The first-order valence-electron chi connectivity index (χ1n) is 6.15. The van der Waals surface area contributed by atoms with Crippen LogP contribution >= 0.6 is 11.3 Å². The third-order valence-corrected chi connectivity index (χ3v) is 3.88. The van der Waals surface area contributed by atoms with Crippen molar-refractivity contribution in [2.45, 2.75) is 26.2 Å². The number of carbonyl (C=O) groups is 1. The van der Waals surface area contributed by atoms with Crippen LogP contribution in [0, 0.1) is 17.0 Å². The van der Waals surface area contributed by atoms with E-state index in [-0.39, 0.29) is 17.0 Å². The third-order valence-electron chi connectivity index (χ3n) is 3.18. The molecule has 1 amide bonds. The van der Waals surface area contributed by atoms with Crippen LogP contribution in [0.1, 0.15) is 26.2 Å². The molecule has 1 aliphatic heterocycles. The van der Waals surface area contributed by atoms with Crippen molar-refractivity contribution in [1.82, 2.24) is 4.98 Å². The van der Waals surface area contributed by atoms with E-state index < -0.39 is 0 Å². The summed E-state index contributed by atoms with van der Waals surface area (Å²) in [5.74, 6) is 0.378. The molecule has 1 aliphatic rings. The van der Waals surface area contributed by atoms with E-state index in [0.717, 1.165) is 50.0 Å². The lowest BCUT2D eigenvalue weighted by molar-refractivity contribution is -0.120. The number of amides is 1. The SMILES string of the molecule is C[C@@H](CC1CCOCC1)C(=O)Nc1ncc(F)s1. The van der Waals surface area contributed by atoms with Crippen molar-refractivity contribution in [3.05, 3.63) is 11.3 Å². The molecule has 2 rings (SSSR count). The second-order valence-electron chi connectivity index (χ2n) is 4.65. The number of carbonyl (C=O) groups excluding carboxylic acids is 1. The van der Waals surface area contributed by atoms with Crippen LogP contribution in [-0.4, -0.2) is 24.1 Å². The van der Waals surface area contributed by atoms with Crippen molar-refractivity contribution >= 4 is 22.4 Å². The predicted molar refractivity (Wildman–Crippen MR) is 68.0 cm³/mol. The molecule has 1 N–H and O–H groups in total. The van der Waals surface area contributed by atoms with Gasteiger partial charge < -0.3 is 10.1 Å². The summed E-state index contributed by atoms with van der Waals surface area (Å²) < 4.78 is 18.0. The smallest absolute Gasteiger partial charge is 0.228 e. The van der Waals surface area contributed by atoms with Gasteiger partial charge in [0.15, 0.2) is 10.3 Å². The molecule has 1 fully saturated rings. The molecule has 0 spiro atoms. The van der Waals surface area contributed by atoms with Crippen LogP contribution in [0.4, 0.5) is 9.52 Å². The Labute approximate surface area is 110 Å². The number of nitrogens with zero attached hydrogens (tertiary/aromatic N) is 1. The summed E-state index contributed by atoms with van der Waals surface area (Å²) in [7, 11) is 0. The first kappa shape index (κ1) is 13.4. The molecule has 0 aromatic carbocycles. The van der Waals surface area contributed by atoms with Crippen molar-refractivity contribution in [2.24, 2.45) is 11.8 Å². The standard InChI is InChI=1S/C12H17FN2O2S/c1-8(6-9-2-4-17-5-3-9)11(16)15-12-14-7-10(13)18-12/h7-9H,2-6H2,1H3,(H,14,15,16)/t8-/m0/s1. The Hall–Kier alpha value is -1.01. The first-order valence-corrected chi connectivity index (χ1v) is 6.96. The van der Waals surface area contributed by atoms with Gasteiger partial charge in [0.1, 0.15) is 0 Å². The summed E-state index contributed by atoms with van der Waals surface area (Å²) in [6.07, 6.45) is 4.00. The molecule has 0 saturated carbocycles. The number of aromatic nitrogens is 1. The molecule has 1 aromatic rings. The van der Waals surface area contributed by atoms with Gasteiger partial charge in [-0.25, -0.2) is 4.98 Å². The average molecular weight is 272 g/mol. The molecular weight excluding hydrogens is 255 g/mol. The normalized spacial score (nSPS) is 18.6. The molecule has 0 aliphatic carbocycles. The van der Waals surface area contributed by atoms with E-state index in [9.17, 15) is 9.18 Å². The molecule has 100 valence electrons. The van der Waals surface area contributed by atoms with Crippen molar-refractivity contribution in [1.29, 1.82) is 0 Å². The van der Waals surface area contributed by atoms with Crippen LogP contribution in [0.3, 0.4) is 0 Å². The van der Waals surface area contributed by atoms with Crippen LogP contribution in [0.15, 0.2) is 6.20 Å².